The van der Waals surface area contributed by atoms with Crippen LogP contribution in [0, 0.1) is 0 Å². The number of rotatable bonds is 10. The predicted octanol–water partition coefficient (Wildman–Crippen LogP) is 1.07. The van der Waals surface area contributed by atoms with Crippen LogP contribution in [0.15, 0.2) is 0 Å². The first-order valence-electron chi connectivity index (χ1n) is 10.7. The van der Waals surface area contributed by atoms with Crippen molar-refractivity contribution in [3.63, 3.8) is 0 Å². The minimum absolute atomic E-state index is 0.0877. The maximum atomic E-state index is 12.8. The maximum Gasteiger partial charge on any atom is 0.408 e. The number of hydroxylamine groups is 2. The number of hydrogen-bond donors (Lipinski definition) is 4. The van der Waals surface area contributed by atoms with E-state index in [4.69, 9.17) is 14.3 Å². The highest BCUT2D eigenvalue weighted by atomic mass is 16.7. The van der Waals surface area contributed by atoms with E-state index in [2.05, 4.69) is 16.0 Å². The number of hydrogen-bond acceptors (Lipinski definition) is 8. The second kappa shape index (κ2) is 13.2. The Morgan fingerprint density at radius 2 is 1.45 bits per heavy atom. The molecular weight excluding hydrogens is 436 g/mol. The highest BCUT2D eigenvalue weighted by molar-refractivity contribution is 5.90. The van der Waals surface area contributed by atoms with Crippen molar-refractivity contribution in [1.29, 1.82) is 0 Å². The van der Waals surface area contributed by atoms with Gasteiger partial charge in [0, 0.05) is 20.0 Å². The Kier molecular flexibility index (Phi) is 12.2. The molecule has 192 valence electrons. The van der Waals surface area contributed by atoms with Gasteiger partial charge in [0.1, 0.15) is 23.3 Å². The third-order valence-electron chi connectivity index (χ3n) is 3.97. The lowest BCUT2D eigenvalue weighted by Crippen LogP contribution is -2.54. The van der Waals surface area contributed by atoms with Gasteiger partial charge in [-0.05, 0) is 54.9 Å². The van der Waals surface area contributed by atoms with E-state index in [1.807, 2.05) is 0 Å². The lowest BCUT2D eigenvalue weighted by Gasteiger charge is -2.26. The molecule has 3 atom stereocenters. The Labute approximate surface area is 195 Å². The zero-order valence-electron chi connectivity index (χ0n) is 21.1. The molecule has 0 aromatic rings. The zero-order valence-corrected chi connectivity index (χ0v) is 21.1. The van der Waals surface area contributed by atoms with E-state index < -0.39 is 53.4 Å². The Balaban J connectivity index is 5.08. The van der Waals surface area contributed by atoms with Gasteiger partial charge < -0.3 is 30.5 Å². The van der Waals surface area contributed by atoms with Crippen molar-refractivity contribution in [1.82, 2.24) is 21.0 Å². The highest BCUT2D eigenvalue weighted by Gasteiger charge is 2.29. The molecule has 0 bridgehead atoms. The van der Waals surface area contributed by atoms with Gasteiger partial charge >= 0.3 is 12.2 Å². The fraction of sp³-hybridized carbons (Fsp3) is 0.810. The number of aliphatic hydroxyl groups excluding tert-OH is 1. The number of ether oxygens (including phenoxy) is 2. The molecule has 33 heavy (non-hydrogen) atoms. The summed E-state index contributed by atoms with van der Waals surface area (Å²) in [7, 11) is 2.70. The minimum Gasteiger partial charge on any atom is -0.444 e. The van der Waals surface area contributed by atoms with Crippen LogP contribution >= 0.6 is 0 Å². The van der Waals surface area contributed by atoms with E-state index in [0.717, 1.165) is 5.06 Å². The molecule has 0 aliphatic carbocycles. The molecule has 12 nitrogen and oxygen atoms in total. The van der Waals surface area contributed by atoms with Crippen molar-refractivity contribution in [3.8, 4) is 0 Å². The average molecular weight is 477 g/mol. The van der Waals surface area contributed by atoms with E-state index in [1.165, 1.54) is 21.1 Å². The van der Waals surface area contributed by atoms with Gasteiger partial charge in [0.25, 0.3) is 5.91 Å². The number of nitrogens with zero attached hydrogens (tertiary/aromatic N) is 1. The van der Waals surface area contributed by atoms with Gasteiger partial charge in [0.05, 0.1) is 13.2 Å². The standard InChI is InChI=1S/C21H40N4O8/c1-13(17(28)25(8)31-9)23-16(27)15(24-19(30)33-21(5,6)7)12-14(26)10-11-22-18(29)32-20(2,3)4/h13-15,26H,10-12H2,1-9H3,(H,22,29)(H,23,27)(H,24,30)/t13-,14+,15-/m0/s1. The van der Waals surface area contributed by atoms with Gasteiger partial charge in [-0.25, -0.2) is 14.7 Å². The normalized spacial score (nSPS) is 14.4. The quantitative estimate of drug-likeness (QED) is 0.341. The van der Waals surface area contributed by atoms with Gasteiger partial charge in [-0.15, -0.1) is 0 Å². The van der Waals surface area contributed by atoms with E-state index in [0.29, 0.717) is 0 Å². The van der Waals surface area contributed by atoms with Crippen LogP contribution in [-0.4, -0.2) is 84.3 Å². The minimum atomic E-state index is -1.19. The Hall–Kier alpha value is -2.60. The summed E-state index contributed by atoms with van der Waals surface area (Å²) in [4.78, 5) is 53.6. The van der Waals surface area contributed by atoms with Crippen molar-refractivity contribution < 1.29 is 38.6 Å². The molecule has 0 saturated heterocycles. The molecule has 0 radical (unpaired) electrons. The third kappa shape index (κ3) is 14.2. The molecule has 0 rings (SSSR count). The fourth-order valence-electron chi connectivity index (χ4n) is 2.46. The second-order valence-electron chi connectivity index (χ2n) is 9.55. The van der Waals surface area contributed by atoms with Crippen LogP contribution in [0.3, 0.4) is 0 Å². The fourth-order valence-corrected chi connectivity index (χ4v) is 2.46. The second-order valence-corrected chi connectivity index (χ2v) is 9.55. The molecule has 0 aliphatic rings. The van der Waals surface area contributed by atoms with Crippen molar-refractivity contribution in [2.45, 2.75) is 90.7 Å². The molecule has 0 aliphatic heterocycles. The van der Waals surface area contributed by atoms with Crippen LogP contribution in [0.4, 0.5) is 9.59 Å². The number of carbonyl (C=O) groups excluding carboxylic acids is 4. The number of aliphatic hydroxyl groups is 1. The first kappa shape index (κ1) is 30.4. The molecule has 0 fully saturated rings. The molecule has 0 unspecified atom stereocenters. The summed E-state index contributed by atoms with van der Waals surface area (Å²) in [6, 6.07) is -2.14. The topological polar surface area (TPSA) is 156 Å². The monoisotopic (exact) mass is 476 g/mol. The molecule has 0 saturated carbocycles. The Bertz CT molecular complexity index is 672. The van der Waals surface area contributed by atoms with E-state index in [-0.39, 0.29) is 19.4 Å². The van der Waals surface area contributed by atoms with Crippen LogP contribution in [-0.2, 0) is 23.9 Å². The molecule has 0 heterocycles. The zero-order chi connectivity index (χ0) is 26.0. The average Bonchev–Trinajstić information content (AvgIpc) is 2.62. The van der Waals surface area contributed by atoms with Crippen LogP contribution in [0.25, 0.3) is 0 Å². The Morgan fingerprint density at radius 3 is 1.94 bits per heavy atom. The summed E-state index contributed by atoms with van der Waals surface area (Å²) in [6.07, 6.45) is -2.62. The molecule has 12 heteroatoms. The Morgan fingerprint density at radius 1 is 0.939 bits per heavy atom. The van der Waals surface area contributed by atoms with Gasteiger partial charge in [-0.2, -0.15) is 0 Å². The molecule has 4 amide bonds. The number of nitrogens with one attached hydrogen (secondary N) is 3. The smallest absolute Gasteiger partial charge is 0.408 e. The maximum absolute atomic E-state index is 12.8. The van der Waals surface area contributed by atoms with Gasteiger partial charge in [-0.1, -0.05) is 0 Å². The highest BCUT2D eigenvalue weighted by Crippen LogP contribution is 2.10. The molecule has 0 aromatic carbocycles. The summed E-state index contributed by atoms with van der Waals surface area (Å²) >= 11 is 0. The largest absolute Gasteiger partial charge is 0.444 e. The molecule has 0 spiro atoms. The first-order chi connectivity index (χ1) is 14.9. The first-order valence-corrected chi connectivity index (χ1v) is 10.7. The van der Waals surface area contributed by atoms with E-state index in [1.54, 1.807) is 41.5 Å². The number of amides is 4. The molecule has 4 N–H and O–H groups in total. The number of carbonyl (C=O) groups is 4. The van der Waals surface area contributed by atoms with Crippen molar-refractivity contribution in [3.05, 3.63) is 0 Å². The lowest BCUT2D eigenvalue weighted by molar-refractivity contribution is -0.171. The SMILES string of the molecule is CON(C)C(=O)[C@H](C)NC(=O)[C@H](C[C@H](O)CCNC(=O)OC(C)(C)C)NC(=O)OC(C)(C)C. The summed E-state index contributed by atoms with van der Waals surface area (Å²) in [5.41, 5.74) is -1.46. The number of alkyl carbamates (subject to hydrolysis) is 2. The summed E-state index contributed by atoms with van der Waals surface area (Å²) in [5.74, 6) is -1.20. The molecule has 0 aromatic heterocycles. The van der Waals surface area contributed by atoms with Crippen LogP contribution < -0.4 is 16.0 Å². The van der Waals surface area contributed by atoms with Crippen molar-refractivity contribution in [2.24, 2.45) is 0 Å². The predicted molar refractivity (Wildman–Crippen MR) is 120 cm³/mol. The third-order valence-corrected chi connectivity index (χ3v) is 3.97. The van der Waals surface area contributed by atoms with Crippen molar-refractivity contribution in [2.75, 3.05) is 20.7 Å². The van der Waals surface area contributed by atoms with Crippen LogP contribution in [0.2, 0.25) is 0 Å². The summed E-state index contributed by atoms with van der Waals surface area (Å²) in [6.45, 7) is 11.7. The van der Waals surface area contributed by atoms with Gasteiger partial charge in [-0.3, -0.25) is 14.4 Å². The summed E-state index contributed by atoms with van der Waals surface area (Å²) in [5, 5.41) is 18.7. The van der Waals surface area contributed by atoms with E-state index in [9.17, 15) is 24.3 Å². The molecular formula is C21H40N4O8. The van der Waals surface area contributed by atoms with E-state index >= 15 is 0 Å². The van der Waals surface area contributed by atoms with Gasteiger partial charge in [0.15, 0.2) is 0 Å². The van der Waals surface area contributed by atoms with Crippen LogP contribution in [0.1, 0.15) is 61.3 Å². The van der Waals surface area contributed by atoms with Crippen LogP contribution in [0.5, 0.6) is 0 Å². The summed E-state index contributed by atoms with van der Waals surface area (Å²) < 4.78 is 10.3. The van der Waals surface area contributed by atoms with Crippen molar-refractivity contribution >= 4 is 24.0 Å². The lowest BCUT2D eigenvalue weighted by atomic mass is 10.1. The number of likely N-dealkylation sites (N-methyl/N-ethyl adjacent to an activating group) is 1. The van der Waals surface area contributed by atoms with Gasteiger partial charge in [0.2, 0.25) is 5.91 Å².